The van der Waals surface area contributed by atoms with Gasteiger partial charge in [-0.05, 0) is 82.0 Å². The number of hydrogen-bond acceptors (Lipinski definition) is 2. The van der Waals surface area contributed by atoms with E-state index in [9.17, 15) is 9.59 Å². The van der Waals surface area contributed by atoms with Crippen molar-refractivity contribution in [2.75, 3.05) is 0 Å². The molecule has 160 valence electrons. The number of carbonyl (C=O) groups excluding carboxylic acids is 2. The molecule has 28 heavy (non-hydrogen) atoms. The van der Waals surface area contributed by atoms with Gasteiger partial charge >= 0.3 is 0 Å². The number of Topliss-reactive ketones (excluding diaryl/α,β-unsaturated/α-hetero) is 2. The monoisotopic (exact) mass is 388 g/mol. The van der Waals surface area contributed by atoms with Crippen molar-refractivity contribution in [3.63, 3.8) is 0 Å². The second-order valence-electron chi connectivity index (χ2n) is 10.7. The summed E-state index contributed by atoms with van der Waals surface area (Å²) < 4.78 is 0. The molecule has 0 aromatic heterocycles. The minimum absolute atomic E-state index is 0.189. The van der Waals surface area contributed by atoms with Crippen LogP contribution in [0.5, 0.6) is 0 Å². The van der Waals surface area contributed by atoms with Crippen LogP contribution in [0, 0.1) is 22.7 Å². The lowest BCUT2D eigenvalue weighted by Gasteiger charge is -2.38. The lowest BCUT2D eigenvalue weighted by Crippen LogP contribution is -2.26. The predicted molar refractivity (Wildman–Crippen MR) is 120 cm³/mol. The molecule has 0 spiro atoms. The smallest absolute Gasteiger partial charge is 0.129 e. The van der Waals surface area contributed by atoms with E-state index in [1.54, 1.807) is 19.4 Å². The molecule has 0 amide bonds. The molecule has 0 radical (unpaired) electrons. The van der Waals surface area contributed by atoms with Crippen molar-refractivity contribution in [3.8, 4) is 0 Å². The van der Waals surface area contributed by atoms with Crippen LogP contribution < -0.4 is 0 Å². The molecule has 0 saturated carbocycles. The molecule has 0 N–H and O–H groups in total. The summed E-state index contributed by atoms with van der Waals surface area (Å²) in [5, 5.41) is 0. The Morgan fingerprint density at radius 3 is 2.00 bits per heavy atom. The van der Waals surface area contributed by atoms with Gasteiger partial charge in [-0.15, -0.1) is 0 Å². The zero-order valence-corrected chi connectivity index (χ0v) is 19.8. The van der Waals surface area contributed by atoms with Gasteiger partial charge in [0.2, 0.25) is 0 Å². The minimum Gasteiger partial charge on any atom is -0.300 e. The Bertz CT molecular complexity index is 598. The van der Waals surface area contributed by atoms with Gasteiger partial charge in [0.25, 0.3) is 0 Å². The summed E-state index contributed by atoms with van der Waals surface area (Å²) in [6.45, 7) is 17.2. The van der Waals surface area contributed by atoms with Crippen LogP contribution in [0.1, 0.15) is 107 Å². The molecule has 0 saturated heterocycles. The van der Waals surface area contributed by atoms with Crippen molar-refractivity contribution in [1.82, 2.24) is 0 Å². The van der Waals surface area contributed by atoms with Crippen molar-refractivity contribution in [2.24, 2.45) is 22.7 Å². The van der Waals surface area contributed by atoms with Gasteiger partial charge in [-0.25, -0.2) is 0 Å². The van der Waals surface area contributed by atoms with Crippen molar-refractivity contribution in [3.05, 3.63) is 23.3 Å². The highest BCUT2D eigenvalue weighted by Crippen LogP contribution is 2.44. The molecular formula is C26H44O2. The fourth-order valence-corrected chi connectivity index (χ4v) is 4.16. The van der Waals surface area contributed by atoms with E-state index in [1.165, 1.54) is 5.57 Å². The highest BCUT2D eigenvalue weighted by Gasteiger charge is 2.32. The Hall–Kier alpha value is -1.18. The molecule has 0 heterocycles. The average Bonchev–Trinajstić information content (AvgIpc) is 2.57. The molecule has 1 aliphatic rings. The first kappa shape index (κ1) is 24.9. The van der Waals surface area contributed by atoms with Crippen LogP contribution in [-0.2, 0) is 9.59 Å². The van der Waals surface area contributed by atoms with E-state index < -0.39 is 0 Å². The van der Waals surface area contributed by atoms with Crippen LogP contribution in [0.15, 0.2) is 23.3 Å². The van der Waals surface area contributed by atoms with E-state index in [0.717, 1.165) is 38.5 Å². The Kier molecular flexibility index (Phi) is 9.37. The average molecular weight is 389 g/mol. The van der Waals surface area contributed by atoms with Crippen LogP contribution in [0.3, 0.4) is 0 Å². The van der Waals surface area contributed by atoms with Crippen LogP contribution >= 0.6 is 0 Å². The summed E-state index contributed by atoms with van der Waals surface area (Å²) in [5.74, 6) is 1.64. The van der Waals surface area contributed by atoms with Gasteiger partial charge in [-0.2, -0.15) is 0 Å². The van der Waals surface area contributed by atoms with Crippen molar-refractivity contribution < 1.29 is 9.59 Å². The summed E-state index contributed by atoms with van der Waals surface area (Å²) in [4.78, 5) is 23.0. The standard InChI is InChI=1S/C26H44O2/c1-19(25(4,5)6)10-9-17-26(7,8)24-16-15-22(13-11-20(2)27)23(18-24)14-12-21(3)28/h10,16,22-23H,9,11-15,17-18H2,1-8H3. The number of ketones is 2. The first-order valence-electron chi connectivity index (χ1n) is 11.2. The molecule has 0 aliphatic heterocycles. The number of allylic oxidation sites excluding steroid dienone is 4. The highest BCUT2D eigenvalue weighted by molar-refractivity contribution is 5.75. The maximum atomic E-state index is 11.5. The van der Waals surface area contributed by atoms with Gasteiger partial charge < -0.3 is 9.59 Å². The molecule has 0 fully saturated rings. The molecule has 2 atom stereocenters. The van der Waals surface area contributed by atoms with Crippen LogP contribution in [0.4, 0.5) is 0 Å². The number of rotatable bonds is 10. The van der Waals surface area contributed by atoms with Crippen LogP contribution in [0.2, 0.25) is 0 Å². The van der Waals surface area contributed by atoms with E-state index in [0.29, 0.717) is 24.7 Å². The largest absolute Gasteiger partial charge is 0.300 e. The van der Waals surface area contributed by atoms with E-state index in [4.69, 9.17) is 0 Å². The number of carbonyl (C=O) groups is 2. The SMILES string of the molecule is CC(=O)CCC1CC=C(C(C)(C)CCC=C(C)C(C)(C)C)CC1CCC(C)=O. The van der Waals surface area contributed by atoms with Crippen LogP contribution in [0.25, 0.3) is 0 Å². The maximum Gasteiger partial charge on any atom is 0.129 e. The molecule has 2 heteroatoms. The normalized spacial score (nSPS) is 21.4. The third-order valence-corrected chi connectivity index (χ3v) is 6.82. The minimum atomic E-state index is 0.189. The second kappa shape index (κ2) is 10.6. The van der Waals surface area contributed by atoms with Gasteiger partial charge in [-0.3, -0.25) is 0 Å². The van der Waals surface area contributed by atoms with Crippen molar-refractivity contribution in [1.29, 1.82) is 0 Å². The molecule has 0 bridgehead atoms. The van der Waals surface area contributed by atoms with E-state index >= 15 is 0 Å². The molecule has 2 nitrogen and oxygen atoms in total. The van der Waals surface area contributed by atoms with Gasteiger partial charge in [0, 0.05) is 12.8 Å². The fourth-order valence-electron chi connectivity index (χ4n) is 4.16. The van der Waals surface area contributed by atoms with Crippen molar-refractivity contribution in [2.45, 2.75) is 107 Å². The van der Waals surface area contributed by atoms with Crippen LogP contribution in [-0.4, -0.2) is 11.6 Å². The summed E-state index contributed by atoms with van der Waals surface area (Å²) in [5.41, 5.74) is 3.46. The first-order chi connectivity index (χ1) is 12.8. The molecular weight excluding hydrogens is 344 g/mol. The van der Waals surface area contributed by atoms with Gasteiger partial charge in [0.15, 0.2) is 0 Å². The summed E-state index contributed by atoms with van der Waals surface area (Å²) in [6, 6.07) is 0. The first-order valence-corrected chi connectivity index (χ1v) is 11.2. The van der Waals surface area contributed by atoms with Gasteiger partial charge in [-0.1, -0.05) is 57.9 Å². The lowest BCUT2D eigenvalue weighted by molar-refractivity contribution is -0.118. The Labute approximate surface area is 174 Å². The van der Waals surface area contributed by atoms with E-state index in [1.807, 2.05) is 0 Å². The Morgan fingerprint density at radius 1 is 0.964 bits per heavy atom. The topological polar surface area (TPSA) is 34.1 Å². The van der Waals surface area contributed by atoms with Gasteiger partial charge in [0.05, 0.1) is 0 Å². The third-order valence-electron chi connectivity index (χ3n) is 6.82. The fraction of sp³-hybridized carbons (Fsp3) is 0.769. The Balaban J connectivity index is 2.81. The summed E-state index contributed by atoms with van der Waals surface area (Å²) in [6.07, 6.45) is 12.6. The molecule has 1 rings (SSSR count). The maximum absolute atomic E-state index is 11.5. The summed E-state index contributed by atoms with van der Waals surface area (Å²) in [7, 11) is 0. The Morgan fingerprint density at radius 2 is 1.50 bits per heavy atom. The summed E-state index contributed by atoms with van der Waals surface area (Å²) >= 11 is 0. The quantitative estimate of drug-likeness (QED) is 0.364. The van der Waals surface area contributed by atoms with Gasteiger partial charge in [0.1, 0.15) is 11.6 Å². The van der Waals surface area contributed by atoms with E-state index in [2.05, 4.69) is 53.7 Å². The highest BCUT2D eigenvalue weighted by atomic mass is 16.1. The van der Waals surface area contributed by atoms with E-state index in [-0.39, 0.29) is 22.4 Å². The molecule has 2 unspecified atom stereocenters. The zero-order chi connectivity index (χ0) is 21.5. The van der Waals surface area contributed by atoms with Crippen molar-refractivity contribution >= 4 is 11.6 Å². The molecule has 0 aromatic rings. The lowest BCUT2D eigenvalue weighted by atomic mass is 9.67. The third kappa shape index (κ3) is 8.45. The number of hydrogen-bond donors (Lipinski definition) is 0. The zero-order valence-electron chi connectivity index (χ0n) is 19.8. The predicted octanol–water partition coefficient (Wildman–Crippen LogP) is 7.48. The molecule has 1 aliphatic carbocycles. The molecule has 0 aromatic carbocycles. The second-order valence-corrected chi connectivity index (χ2v) is 10.7.